The maximum Gasteiger partial charge on any atom is 0.408 e. The first kappa shape index (κ1) is 17.2. The van der Waals surface area contributed by atoms with Crippen molar-refractivity contribution in [1.82, 2.24) is 5.32 Å². The number of primary amides is 2. The van der Waals surface area contributed by atoms with E-state index in [1.807, 2.05) is 0 Å². The van der Waals surface area contributed by atoms with Gasteiger partial charge in [0, 0.05) is 0 Å². The third-order valence-electron chi connectivity index (χ3n) is 2.72. The van der Waals surface area contributed by atoms with Crippen molar-refractivity contribution in [1.29, 1.82) is 0 Å². The molecule has 7 nitrogen and oxygen atoms in total. The molecule has 0 aliphatic heterocycles. The summed E-state index contributed by atoms with van der Waals surface area (Å²) in [5.74, 6) is -2.46. The van der Waals surface area contributed by atoms with Gasteiger partial charge in [-0.25, -0.2) is 4.79 Å². The zero-order chi connectivity index (χ0) is 15.4. The van der Waals surface area contributed by atoms with Crippen LogP contribution >= 0.6 is 0 Å². The Morgan fingerprint density at radius 2 is 1.63 bits per heavy atom. The fourth-order valence-electron chi connectivity index (χ4n) is 1.73. The lowest BCUT2D eigenvalue weighted by atomic mass is 9.82. The van der Waals surface area contributed by atoms with Crippen molar-refractivity contribution in [2.24, 2.45) is 17.4 Å². The molecule has 0 aromatic carbocycles. The Kier molecular flexibility index (Phi) is 5.34. The molecule has 0 saturated heterocycles. The molecule has 0 aromatic heterocycles. The molecular weight excluding hydrogens is 250 g/mol. The minimum absolute atomic E-state index is 0.268. The number of alkyl carbamates (subject to hydrolysis) is 1. The van der Waals surface area contributed by atoms with Crippen molar-refractivity contribution in [3.05, 3.63) is 0 Å². The summed E-state index contributed by atoms with van der Waals surface area (Å²) in [6.45, 7) is 8.07. The fraction of sp³-hybridized carbons (Fsp3) is 0.750. The molecule has 0 radical (unpaired) electrons. The van der Waals surface area contributed by atoms with Crippen LogP contribution in [0.5, 0.6) is 0 Å². The predicted octanol–water partition coefficient (Wildman–Crippen LogP) is 0.267. The van der Waals surface area contributed by atoms with E-state index in [9.17, 15) is 14.4 Å². The lowest BCUT2D eigenvalue weighted by Crippen LogP contribution is -2.63. The van der Waals surface area contributed by atoms with Crippen molar-refractivity contribution in [3.8, 4) is 0 Å². The van der Waals surface area contributed by atoms with E-state index in [1.165, 1.54) is 6.92 Å². The normalized spacial score (nSPS) is 16.1. The van der Waals surface area contributed by atoms with Gasteiger partial charge in [-0.05, 0) is 34.1 Å². The Bertz CT molecular complexity index is 376. The van der Waals surface area contributed by atoms with Crippen molar-refractivity contribution < 1.29 is 19.1 Å². The molecule has 0 aromatic rings. The van der Waals surface area contributed by atoms with E-state index in [0.29, 0.717) is 0 Å². The SMILES string of the molecule is CCC(C(N)=O)C(C)(NC(=O)OC(C)(C)C)C(N)=O. The van der Waals surface area contributed by atoms with Crippen LogP contribution in [0.25, 0.3) is 0 Å². The van der Waals surface area contributed by atoms with Crippen LogP contribution in [0.15, 0.2) is 0 Å². The number of amides is 3. The number of ether oxygens (including phenoxy) is 1. The third-order valence-corrected chi connectivity index (χ3v) is 2.72. The number of carbonyl (C=O) groups is 3. The highest BCUT2D eigenvalue weighted by atomic mass is 16.6. The van der Waals surface area contributed by atoms with E-state index in [1.54, 1.807) is 27.7 Å². The van der Waals surface area contributed by atoms with Gasteiger partial charge in [-0.15, -0.1) is 0 Å². The van der Waals surface area contributed by atoms with Crippen molar-refractivity contribution >= 4 is 17.9 Å². The van der Waals surface area contributed by atoms with Crippen LogP contribution < -0.4 is 16.8 Å². The molecule has 0 saturated carbocycles. The summed E-state index contributed by atoms with van der Waals surface area (Å²) >= 11 is 0. The monoisotopic (exact) mass is 273 g/mol. The highest BCUT2D eigenvalue weighted by Crippen LogP contribution is 2.21. The van der Waals surface area contributed by atoms with Gasteiger partial charge < -0.3 is 21.5 Å². The van der Waals surface area contributed by atoms with Crippen LogP contribution in [-0.2, 0) is 14.3 Å². The molecule has 0 spiro atoms. The second-order valence-corrected chi connectivity index (χ2v) is 5.56. The maximum absolute atomic E-state index is 11.7. The number of nitrogens with one attached hydrogen (secondary N) is 1. The van der Waals surface area contributed by atoms with Crippen LogP contribution in [0.1, 0.15) is 41.0 Å². The highest BCUT2D eigenvalue weighted by Gasteiger charge is 2.44. The van der Waals surface area contributed by atoms with Gasteiger partial charge in [0.25, 0.3) is 0 Å². The minimum atomic E-state index is -1.58. The Morgan fingerprint density at radius 1 is 1.16 bits per heavy atom. The molecule has 5 N–H and O–H groups in total. The van der Waals surface area contributed by atoms with E-state index in [0.717, 1.165) is 0 Å². The Hall–Kier alpha value is -1.79. The highest BCUT2D eigenvalue weighted by molar-refractivity contribution is 5.94. The summed E-state index contributed by atoms with van der Waals surface area (Å²) in [4.78, 5) is 34.7. The van der Waals surface area contributed by atoms with Gasteiger partial charge in [0.2, 0.25) is 11.8 Å². The zero-order valence-corrected chi connectivity index (χ0v) is 12.1. The Balaban J connectivity index is 5.17. The number of nitrogens with two attached hydrogens (primary N) is 2. The van der Waals surface area contributed by atoms with Crippen LogP contribution in [0, 0.1) is 5.92 Å². The largest absolute Gasteiger partial charge is 0.444 e. The topological polar surface area (TPSA) is 125 Å². The average Bonchev–Trinajstić information content (AvgIpc) is 2.13. The Labute approximate surface area is 113 Å². The molecule has 0 fully saturated rings. The number of hydrogen-bond donors (Lipinski definition) is 3. The van der Waals surface area contributed by atoms with E-state index >= 15 is 0 Å². The molecule has 0 aliphatic carbocycles. The standard InChI is InChI=1S/C12H23N3O4/c1-6-7(8(13)16)12(5,9(14)17)15-10(18)19-11(2,3)4/h7H,6H2,1-5H3,(H2,13,16)(H2,14,17)(H,15,18). The molecule has 0 heterocycles. The van der Waals surface area contributed by atoms with Gasteiger partial charge >= 0.3 is 6.09 Å². The summed E-state index contributed by atoms with van der Waals surface area (Å²) in [5.41, 5.74) is 8.21. The quantitative estimate of drug-likeness (QED) is 0.664. The van der Waals surface area contributed by atoms with E-state index in [-0.39, 0.29) is 6.42 Å². The van der Waals surface area contributed by atoms with Gasteiger partial charge in [-0.3, -0.25) is 9.59 Å². The van der Waals surface area contributed by atoms with E-state index < -0.39 is 35.0 Å². The van der Waals surface area contributed by atoms with Gasteiger partial charge in [-0.1, -0.05) is 6.92 Å². The predicted molar refractivity (Wildman–Crippen MR) is 69.9 cm³/mol. The Morgan fingerprint density at radius 3 is 1.89 bits per heavy atom. The molecule has 3 amide bonds. The summed E-state index contributed by atoms with van der Waals surface area (Å²) in [5, 5.41) is 2.35. The zero-order valence-electron chi connectivity index (χ0n) is 12.1. The summed E-state index contributed by atoms with van der Waals surface area (Å²) in [6.07, 6.45) is -0.557. The van der Waals surface area contributed by atoms with Crippen molar-refractivity contribution in [2.45, 2.75) is 52.2 Å². The van der Waals surface area contributed by atoms with Gasteiger partial charge in [-0.2, -0.15) is 0 Å². The first-order valence-corrected chi connectivity index (χ1v) is 6.04. The number of rotatable bonds is 5. The minimum Gasteiger partial charge on any atom is -0.444 e. The fourth-order valence-corrected chi connectivity index (χ4v) is 1.73. The summed E-state index contributed by atoms with van der Waals surface area (Å²) in [7, 11) is 0. The van der Waals surface area contributed by atoms with Gasteiger partial charge in [0.1, 0.15) is 11.1 Å². The molecular formula is C12H23N3O4. The average molecular weight is 273 g/mol. The lowest BCUT2D eigenvalue weighted by molar-refractivity contribution is -0.133. The van der Waals surface area contributed by atoms with E-state index in [2.05, 4.69) is 5.32 Å². The number of carbonyl (C=O) groups excluding carboxylic acids is 3. The summed E-state index contributed by atoms with van der Waals surface area (Å²) < 4.78 is 5.05. The summed E-state index contributed by atoms with van der Waals surface area (Å²) in [6, 6.07) is 0. The van der Waals surface area contributed by atoms with Crippen LogP contribution in [-0.4, -0.2) is 29.0 Å². The maximum atomic E-state index is 11.7. The molecule has 0 aliphatic rings. The molecule has 0 bridgehead atoms. The van der Waals surface area contributed by atoms with Crippen LogP contribution in [0.2, 0.25) is 0 Å². The second-order valence-electron chi connectivity index (χ2n) is 5.56. The van der Waals surface area contributed by atoms with Crippen molar-refractivity contribution in [3.63, 3.8) is 0 Å². The molecule has 19 heavy (non-hydrogen) atoms. The van der Waals surface area contributed by atoms with Crippen LogP contribution in [0.4, 0.5) is 4.79 Å². The third kappa shape index (κ3) is 4.76. The second kappa shape index (κ2) is 5.90. The van der Waals surface area contributed by atoms with E-state index in [4.69, 9.17) is 16.2 Å². The number of hydrogen-bond acceptors (Lipinski definition) is 4. The molecule has 110 valence electrons. The first-order valence-electron chi connectivity index (χ1n) is 6.04. The van der Waals surface area contributed by atoms with Gasteiger partial charge in [0.05, 0.1) is 5.92 Å². The first-order chi connectivity index (χ1) is 8.44. The van der Waals surface area contributed by atoms with Gasteiger partial charge in [0.15, 0.2) is 0 Å². The van der Waals surface area contributed by atoms with Crippen molar-refractivity contribution in [2.75, 3.05) is 0 Å². The molecule has 7 heteroatoms. The molecule has 2 atom stereocenters. The van der Waals surface area contributed by atoms with Crippen LogP contribution in [0.3, 0.4) is 0 Å². The molecule has 0 rings (SSSR count). The smallest absolute Gasteiger partial charge is 0.408 e. The lowest BCUT2D eigenvalue weighted by Gasteiger charge is -2.34. The molecule has 2 unspecified atom stereocenters.